The molecule has 0 bridgehead atoms. The smallest absolute Gasteiger partial charge is 0.275 e. The molecule has 1 aliphatic rings. The number of nitrogens with one attached hydrogen (secondary N) is 1. The summed E-state index contributed by atoms with van der Waals surface area (Å²) in [5, 5.41) is 11.6. The van der Waals surface area contributed by atoms with E-state index in [1.807, 2.05) is 12.1 Å². The summed E-state index contributed by atoms with van der Waals surface area (Å²) in [6.07, 6.45) is 5.19. The van der Waals surface area contributed by atoms with E-state index >= 15 is 0 Å². The Morgan fingerprint density at radius 2 is 2.09 bits per heavy atom. The van der Waals surface area contributed by atoms with Crippen molar-refractivity contribution < 1.29 is 17.7 Å². The van der Waals surface area contributed by atoms with Gasteiger partial charge in [-0.1, -0.05) is 25.2 Å². The molecule has 1 fully saturated rings. The third-order valence-corrected chi connectivity index (χ3v) is 8.69. The van der Waals surface area contributed by atoms with Gasteiger partial charge in [0, 0.05) is 42.3 Å². The van der Waals surface area contributed by atoms with Crippen LogP contribution >= 0.6 is 11.3 Å². The summed E-state index contributed by atoms with van der Waals surface area (Å²) in [6, 6.07) is 6.92. The molecule has 12 heteroatoms. The van der Waals surface area contributed by atoms with Crippen LogP contribution in [0, 0.1) is 11.3 Å². The summed E-state index contributed by atoms with van der Waals surface area (Å²) in [6.45, 7) is 6.66. The van der Waals surface area contributed by atoms with Crippen molar-refractivity contribution >= 4 is 31.5 Å². The molecule has 4 aromatic heterocycles. The number of fused-ring (bicyclic) bond motifs is 1. The minimum absolute atomic E-state index is 0.0333. The lowest BCUT2D eigenvalue weighted by Crippen LogP contribution is -2.36. The highest BCUT2D eigenvalue weighted by Gasteiger charge is 2.47. The summed E-state index contributed by atoms with van der Waals surface area (Å²) in [4.78, 5) is 14.1. The minimum Gasteiger partial charge on any atom is -0.470 e. The molecular formula is C23H26N6O4S2. The van der Waals surface area contributed by atoms with Crippen molar-refractivity contribution in [3.05, 3.63) is 42.4 Å². The molecule has 0 aliphatic carbocycles. The second-order valence-electron chi connectivity index (χ2n) is 9.15. The Morgan fingerprint density at radius 3 is 2.77 bits per heavy atom. The molecule has 1 aliphatic heterocycles. The van der Waals surface area contributed by atoms with Gasteiger partial charge in [0.15, 0.2) is 20.6 Å². The lowest BCUT2D eigenvalue weighted by Gasteiger charge is -2.37. The molecule has 184 valence electrons. The van der Waals surface area contributed by atoms with Gasteiger partial charge in [0.25, 0.3) is 5.19 Å². The van der Waals surface area contributed by atoms with Crippen LogP contribution in [0.3, 0.4) is 0 Å². The third-order valence-electron chi connectivity index (χ3n) is 6.81. The van der Waals surface area contributed by atoms with E-state index in [1.54, 1.807) is 12.3 Å². The molecule has 0 amide bonds. The van der Waals surface area contributed by atoms with Gasteiger partial charge in [-0.2, -0.15) is 0 Å². The van der Waals surface area contributed by atoms with Gasteiger partial charge in [-0.3, -0.25) is 0 Å². The quantitative estimate of drug-likeness (QED) is 0.373. The predicted molar refractivity (Wildman–Crippen MR) is 131 cm³/mol. The maximum Gasteiger partial charge on any atom is 0.275 e. The molecule has 1 N–H and O–H groups in total. The molecule has 5 heterocycles. The predicted octanol–water partition coefficient (Wildman–Crippen LogP) is 3.34. The van der Waals surface area contributed by atoms with Gasteiger partial charge < -0.3 is 14.6 Å². The fraction of sp³-hybridized carbons (Fsp3) is 0.435. The highest BCUT2D eigenvalue weighted by molar-refractivity contribution is 7.90. The van der Waals surface area contributed by atoms with Crippen molar-refractivity contribution in [3.63, 3.8) is 0 Å². The first-order valence-electron chi connectivity index (χ1n) is 11.3. The number of hydrogen-bond donors (Lipinski definition) is 1. The monoisotopic (exact) mass is 514 g/mol. The van der Waals surface area contributed by atoms with E-state index in [1.165, 1.54) is 23.6 Å². The summed E-state index contributed by atoms with van der Waals surface area (Å²) in [5.41, 5.74) is 2.14. The van der Waals surface area contributed by atoms with Crippen LogP contribution in [-0.2, 0) is 9.84 Å². The van der Waals surface area contributed by atoms with Crippen LogP contribution in [0.5, 0.6) is 5.19 Å². The SMILES string of the molecule is CC(C)[C@]1(CCOc2nc3ccc(-c4ccc(S(C)(=O)=O)nc4)nc3s2)CNCC1c1cnno1. The van der Waals surface area contributed by atoms with E-state index in [0.717, 1.165) is 47.4 Å². The number of hydrogen-bond acceptors (Lipinski definition) is 11. The van der Waals surface area contributed by atoms with E-state index < -0.39 is 9.84 Å². The standard InChI is InChI=1S/C23H26N6O4S2/c1-14(2)23(13-24-11-16(23)19-12-26-29-33-19)8-9-32-22-28-18-6-5-17(27-21(18)34-22)15-4-7-20(25-10-15)35(3,30)31/h4-7,10,12,14,16,24H,8-9,11,13H2,1-3H3/t16?,23-/m0/s1. The van der Waals surface area contributed by atoms with Crippen LogP contribution in [0.15, 0.2) is 46.2 Å². The van der Waals surface area contributed by atoms with Crippen molar-refractivity contribution in [2.24, 2.45) is 11.3 Å². The van der Waals surface area contributed by atoms with Gasteiger partial charge >= 0.3 is 0 Å². The summed E-state index contributed by atoms with van der Waals surface area (Å²) in [5.74, 6) is 1.39. The molecule has 5 rings (SSSR count). The molecule has 1 saturated heterocycles. The maximum atomic E-state index is 11.7. The van der Waals surface area contributed by atoms with Crippen LogP contribution in [0.4, 0.5) is 0 Å². The van der Waals surface area contributed by atoms with Crippen LogP contribution < -0.4 is 10.1 Å². The van der Waals surface area contributed by atoms with Gasteiger partial charge in [-0.05, 0) is 42.0 Å². The van der Waals surface area contributed by atoms with Crippen LogP contribution in [0.2, 0.25) is 0 Å². The lowest BCUT2D eigenvalue weighted by atomic mass is 9.67. The largest absolute Gasteiger partial charge is 0.470 e. The van der Waals surface area contributed by atoms with E-state index in [0.29, 0.717) is 23.4 Å². The fourth-order valence-corrected chi connectivity index (χ4v) is 6.12. The van der Waals surface area contributed by atoms with E-state index in [2.05, 4.69) is 44.5 Å². The molecule has 0 aromatic carbocycles. The Bertz CT molecular complexity index is 1420. The summed E-state index contributed by atoms with van der Waals surface area (Å²) < 4.78 is 34.8. The first-order valence-corrected chi connectivity index (χ1v) is 14.0. The van der Waals surface area contributed by atoms with Crippen molar-refractivity contribution in [1.29, 1.82) is 0 Å². The molecule has 0 spiro atoms. The highest BCUT2D eigenvalue weighted by Crippen LogP contribution is 2.47. The normalized spacial score (nSPS) is 20.6. The van der Waals surface area contributed by atoms with E-state index in [9.17, 15) is 8.42 Å². The number of ether oxygens (including phenoxy) is 1. The zero-order valence-corrected chi connectivity index (χ0v) is 21.3. The zero-order chi connectivity index (χ0) is 24.6. The summed E-state index contributed by atoms with van der Waals surface area (Å²) in [7, 11) is -3.35. The second kappa shape index (κ2) is 9.25. The lowest BCUT2D eigenvalue weighted by molar-refractivity contribution is 0.121. The number of aromatic nitrogens is 5. The third kappa shape index (κ3) is 4.65. The topological polar surface area (TPSA) is 133 Å². The fourth-order valence-electron chi connectivity index (χ4n) is 4.74. The van der Waals surface area contributed by atoms with Gasteiger partial charge in [0.2, 0.25) is 0 Å². The molecule has 35 heavy (non-hydrogen) atoms. The molecule has 0 radical (unpaired) electrons. The van der Waals surface area contributed by atoms with Crippen LogP contribution in [0.25, 0.3) is 21.6 Å². The number of nitrogens with zero attached hydrogens (tertiary/aromatic N) is 5. The Morgan fingerprint density at radius 1 is 1.23 bits per heavy atom. The zero-order valence-electron chi connectivity index (χ0n) is 19.6. The second-order valence-corrected chi connectivity index (χ2v) is 12.1. The van der Waals surface area contributed by atoms with Gasteiger partial charge in [0.05, 0.1) is 18.5 Å². The maximum absolute atomic E-state index is 11.7. The van der Waals surface area contributed by atoms with Crippen molar-refractivity contribution in [2.45, 2.75) is 31.2 Å². The number of thiazole rings is 1. The van der Waals surface area contributed by atoms with Crippen molar-refractivity contribution in [2.75, 3.05) is 26.0 Å². The molecule has 1 unspecified atom stereocenters. The number of sulfone groups is 1. The van der Waals surface area contributed by atoms with Crippen molar-refractivity contribution in [3.8, 4) is 16.5 Å². The molecular weight excluding hydrogens is 488 g/mol. The van der Waals surface area contributed by atoms with Crippen LogP contribution in [0.1, 0.15) is 31.9 Å². The van der Waals surface area contributed by atoms with Crippen LogP contribution in [-0.4, -0.2) is 59.7 Å². The molecule has 0 saturated carbocycles. The van der Waals surface area contributed by atoms with Gasteiger partial charge in [0.1, 0.15) is 10.3 Å². The Balaban J connectivity index is 1.30. The van der Waals surface area contributed by atoms with E-state index in [4.69, 9.17) is 9.26 Å². The minimum atomic E-state index is -3.35. The number of pyridine rings is 2. The van der Waals surface area contributed by atoms with E-state index in [-0.39, 0.29) is 16.4 Å². The Kier molecular flexibility index (Phi) is 6.28. The average Bonchev–Trinajstić information content (AvgIpc) is 3.57. The molecule has 2 atom stereocenters. The van der Waals surface area contributed by atoms with Gasteiger partial charge in [-0.25, -0.2) is 23.4 Å². The van der Waals surface area contributed by atoms with Gasteiger partial charge in [-0.15, -0.1) is 5.10 Å². The average molecular weight is 515 g/mol. The highest BCUT2D eigenvalue weighted by atomic mass is 32.2. The summed E-state index contributed by atoms with van der Waals surface area (Å²) >= 11 is 1.39. The number of rotatable bonds is 8. The van der Waals surface area contributed by atoms with Crippen molar-refractivity contribution in [1.82, 2.24) is 30.6 Å². The Hall–Kier alpha value is -2.96. The first kappa shape index (κ1) is 23.8. The molecule has 4 aromatic rings. The molecule has 10 nitrogen and oxygen atoms in total. The Labute approximate surface area is 207 Å². The first-order chi connectivity index (χ1) is 16.8.